The molecule has 1 amide bonds. The summed E-state index contributed by atoms with van der Waals surface area (Å²) in [5.74, 6) is 0.345. The standard InChI is InChI=1S/C22H22N2O/c1-24(15-20-8-4-7-19-14-23-12-11-21(19)20)22(25)18-10-9-16-5-2-3-6-17(16)13-18/h2-8,11-12,14,18H,9-10,13,15H2,1H3. The monoisotopic (exact) mass is 330 g/mol. The first kappa shape index (κ1) is 15.8. The molecule has 0 aliphatic heterocycles. The molecule has 25 heavy (non-hydrogen) atoms. The minimum absolute atomic E-state index is 0.0940. The number of carbonyl (C=O) groups excluding carboxylic acids is 1. The summed E-state index contributed by atoms with van der Waals surface area (Å²) in [6, 6.07) is 16.7. The van der Waals surface area contributed by atoms with Crippen molar-refractivity contribution in [3.05, 3.63) is 77.6 Å². The summed E-state index contributed by atoms with van der Waals surface area (Å²) < 4.78 is 0. The van der Waals surface area contributed by atoms with E-state index in [2.05, 4.69) is 41.4 Å². The fraction of sp³-hybridized carbons (Fsp3) is 0.273. The molecular weight excluding hydrogens is 308 g/mol. The SMILES string of the molecule is CN(Cc1cccc2cnccc12)C(=O)C1CCc2ccccc2C1. The smallest absolute Gasteiger partial charge is 0.226 e. The van der Waals surface area contributed by atoms with Crippen LogP contribution in [0.5, 0.6) is 0 Å². The second kappa shape index (κ2) is 6.67. The van der Waals surface area contributed by atoms with Gasteiger partial charge in [0.1, 0.15) is 0 Å². The molecule has 3 aromatic rings. The summed E-state index contributed by atoms with van der Waals surface area (Å²) >= 11 is 0. The van der Waals surface area contributed by atoms with Crippen LogP contribution < -0.4 is 0 Å². The number of carbonyl (C=O) groups is 1. The Labute approximate surface area is 148 Å². The Bertz CT molecular complexity index is 913. The van der Waals surface area contributed by atoms with Gasteiger partial charge in [-0.25, -0.2) is 0 Å². The third-order valence-corrected chi connectivity index (χ3v) is 5.25. The van der Waals surface area contributed by atoms with Gasteiger partial charge in [0, 0.05) is 37.3 Å². The lowest BCUT2D eigenvalue weighted by molar-refractivity contribution is -0.135. The van der Waals surface area contributed by atoms with E-state index in [1.807, 2.05) is 36.5 Å². The number of benzene rings is 2. The Balaban J connectivity index is 1.51. The number of hydrogen-bond donors (Lipinski definition) is 0. The number of hydrogen-bond acceptors (Lipinski definition) is 2. The average Bonchev–Trinajstić information content (AvgIpc) is 2.67. The summed E-state index contributed by atoms with van der Waals surface area (Å²) in [6.45, 7) is 0.637. The van der Waals surface area contributed by atoms with Crippen molar-refractivity contribution < 1.29 is 4.79 Å². The first-order valence-electron chi connectivity index (χ1n) is 8.86. The maximum absolute atomic E-state index is 13.0. The van der Waals surface area contributed by atoms with Crippen LogP contribution >= 0.6 is 0 Å². The maximum Gasteiger partial charge on any atom is 0.226 e. The highest BCUT2D eigenvalue weighted by atomic mass is 16.2. The molecule has 0 saturated carbocycles. The van der Waals surface area contributed by atoms with Gasteiger partial charge in [0.25, 0.3) is 0 Å². The molecule has 0 fully saturated rings. The molecule has 0 bridgehead atoms. The van der Waals surface area contributed by atoms with Crippen LogP contribution in [0.1, 0.15) is 23.1 Å². The molecule has 1 atom stereocenters. The van der Waals surface area contributed by atoms with Gasteiger partial charge in [0.15, 0.2) is 0 Å². The summed E-state index contributed by atoms with van der Waals surface area (Å²) in [4.78, 5) is 19.0. The van der Waals surface area contributed by atoms with E-state index in [4.69, 9.17) is 0 Å². The van der Waals surface area contributed by atoms with E-state index >= 15 is 0 Å². The minimum Gasteiger partial charge on any atom is -0.341 e. The van der Waals surface area contributed by atoms with Crippen LogP contribution in [0.4, 0.5) is 0 Å². The third-order valence-electron chi connectivity index (χ3n) is 5.25. The van der Waals surface area contributed by atoms with Gasteiger partial charge >= 0.3 is 0 Å². The fourth-order valence-electron chi connectivity index (χ4n) is 3.88. The molecule has 1 aliphatic carbocycles. The molecule has 1 aromatic heterocycles. The molecule has 3 nitrogen and oxygen atoms in total. The predicted molar refractivity (Wildman–Crippen MR) is 100 cm³/mol. The van der Waals surface area contributed by atoms with Crippen molar-refractivity contribution in [1.82, 2.24) is 9.88 Å². The van der Waals surface area contributed by atoms with Crippen LogP contribution in [0.25, 0.3) is 10.8 Å². The number of aromatic nitrogens is 1. The van der Waals surface area contributed by atoms with E-state index in [0.717, 1.165) is 24.6 Å². The van der Waals surface area contributed by atoms with Crippen molar-refractivity contribution in [3.8, 4) is 0 Å². The Morgan fingerprint density at radius 1 is 1.12 bits per heavy atom. The lowest BCUT2D eigenvalue weighted by atomic mass is 9.83. The van der Waals surface area contributed by atoms with Gasteiger partial charge in [-0.1, -0.05) is 42.5 Å². The van der Waals surface area contributed by atoms with Gasteiger partial charge < -0.3 is 4.90 Å². The van der Waals surface area contributed by atoms with E-state index in [9.17, 15) is 4.79 Å². The summed E-state index contributed by atoms with van der Waals surface area (Å²) in [5.41, 5.74) is 3.90. The number of nitrogens with zero attached hydrogens (tertiary/aromatic N) is 2. The lowest BCUT2D eigenvalue weighted by Gasteiger charge is -2.28. The molecule has 1 aliphatic rings. The largest absolute Gasteiger partial charge is 0.341 e. The topological polar surface area (TPSA) is 33.2 Å². The van der Waals surface area contributed by atoms with Crippen LogP contribution in [0.2, 0.25) is 0 Å². The zero-order chi connectivity index (χ0) is 17.2. The first-order chi connectivity index (χ1) is 12.2. The highest BCUT2D eigenvalue weighted by molar-refractivity contribution is 5.85. The van der Waals surface area contributed by atoms with Gasteiger partial charge in [-0.2, -0.15) is 0 Å². The molecule has 0 saturated heterocycles. The van der Waals surface area contributed by atoms with Crippen molar-refractivity contribution in [2.45, 2.75) is 25.8 Å². The van der Waals surface area contributed by atoms with Crippen molar-refractivity contribution >= 4 is 16.7 Å². The van der Waals surface area contributed by atoms with Crippen LogP contribution in [0, 0.1) is 5.92 Å². The van der Waals surface area contributed by atoms with Gasteiger partial charge in [0.2, 0.25) is 5.91 Å². The zero-order valence-electron chi connectivity index (χ0n) is 14.5. The van der Waals surface area contributed by atoms with E-state index in [1.165, 1.54) is 22.1 Å². The Morgan fingerprint density at radius 3 is 2.84 bits per heavy atom. The maximum atomic E-state index is 13.0. The Morgan fingerprint density at radius 2 is 1.96 bits per heavy atom. The fourth-order valence-corrected chi connectivity index (χ4v) is 3.88. The second-order valence-corrected chi connectivity index (χ2v) is 6.92. The number of pyridine rings is 1. The number of fused-ring (bicyclic) bond motifs is 2. The lowest BCUT2D eigenvalue weighted by Crippen LogP contribution is -2.35. The van der Waals surface area contributed by atoms with Crippen molar-refractivity contribution in [3.63, 3.8) is 0 Å². The average molecular weight is 330 g/mol. The molecule has 1 heterocycles. The third kappa shape index (κ3) is 3.14. The molecule has 0 spiro atoms. The van der Waals surface area contributed by atoms with Gasteiger partial charge in [-0.15, -0.1) is 0 Å². The number of amides is 1. The van der Waals surface area contributed by atoms with E-state index in [1.54, 1.807) is 0 Å². The second-order valence-electron chi connectivity index (χ2n) is 6.92. The summed E-state index contributed by atoms with van der Waals surface area (Å²) in [6.07, 6.45) is 6.49. The van der Waals surface area contributed by atoms with E-state index in [0.29, 0.717) is 6.54 Å². The number of aryl methyl sites for hydroxylation is 1. The van der Waals surface area contributed by atoms with Gasteiger partial charge in [-0.05, 0) is 47.4 Å². The van der Waals surface area contributed by atoms with Crippen LogP contribution in [0.3, 0.4) is 0 Å². The number of rotatable bonds is 3. The first-order valence-corrected chi connectivity index (χ1v) is 8.86. The quantitative estimate of drug-likeness (QED) is 0.727. The van der Waals surface area contributed by atoms with Crippen LogP contribution in [-0.2, 0) is 24.2 Å². The van der Waals surface area contributed by atoms with Crippen molar-refractivity contribution in [2.75, 3.05) is 7.05 Å². The van der Waals surface area contributed by atoms with Gasteiger partial charge in [-0.3, -0.25) is 9.78 Å². The van der Waals surface area contributed by atoms with E-state index in [-0.39, 0.29) is 11.8 Å². The molecule has 0 radical (unpaired) electrons. The highest BCUT2D eigenvalue weighted by Gasteiger charge is 2.26. The molecule has 0 N–H and O–H groups in total. The Hall–Kier alpha value is -2.68. The zero-order valence-corrected chi connectivity index (χ0v) is 14.5. The molecular formula is C22H22N2O. The highest BCUT2D eigenvalue weighted by Crippen LogP contribution is 2.27. The minimum atomic E-state index is 0.0940. The summed E-state index contributed by atoms with van der Waals surface area (Å²) in [5, 5.41) is 2.29. The van der Waals surface area contributed by atoms with Crippen molar-refractivity contribution in [2.24, 2.45) is 5.92 Å². The Kier molecular flexibility index (Phi) is 4.22. The van der Waals surface area contributed by atoms with Gasteiger partial charge in [0.05, 0.1) is 0 Å². The molecule has 1 unspecified atom stereocenters. The van der Waals surface area contributed by atoms with Crippen molar-refractivity contribution in [1.29, 1.82) is 0 Å². The summed E-state index contributed by atoms with van der Waals surface area (Å²) in [7, 11) is 1.92. The molecule has 2 aromatic carbocycles. The molecule has 4 rings (SSSR count). The normalized spacial score (nSPS) is 16.4. The predicted octanol–water partition coefficient (Wildman–Crippen LogP) is 4.00. The van der Waals surface area contributed by atoms with E-state index < -0.39 is 0 Å². The van der Waals surface area contributed by atoms with Crippen LogP contribution in [-0.4, -0.2) is 22.8 Å². The molecule has 3 heteroatoms. The molecule has 126 valence electrons. The van der Waals surface area contributed by atoms with Crippen LogP contribution in [0.15, 0.2) is 60.9 Å².